The number of hydrogen-bond donors (Lipinski definition) is 3. The van der Waals surface area contributed by atoms with Gasteiger partial charge >= 0.3 is 12.0 Å². The smallest absolute Gasteiger partial charge is 0.331 e. The molecular weight excluding hydrogens is 296 g/mol. The zero-order chi connectivity index (χ0) is 15.8. The molecule has 1 unspecified atom stereocenters. The van der Waals surface area contributed by atoms with Crippen LogP contribution in [0.2, 0.25) is 5.02 Å². The van der Waals surface area contributed by atoms with E-state index < -0.39 is 18.0 Å². The van der Waals surface area contributed by atoms with Gasteiger partial charge in [0, 0.05) is 23.7 Å². The molecule has 1 aromatic rings. The van der Waals surface area contributed by atoms with Crippen LogP contribution in [0.4, 0.5) is 4.79 Å². The Hall–Kier alpha value is -1.79. The number of carboxylic acids is 1. The minimum absolute atomic E-state index is 0.149. The second-order valence-electron chi connectivity index (χ2n) is 4.41. The monoisotopic (exact) mass is 314 g/mol. The van der Waals surface area contributed by atoms with E-state index >= 15 is 0 Å². The summed E-state index contributed by atoms with van der Waals surface area (Å²) >= 11 is 5.96. The molecule has 0 radical (unpaired) electrons. The Bertz CT molecular complexity index is 496. The zero-order valence-corrected chi connectivity index (χ0v) is 12.7. The van der Waals surface area contributed by atoms with Crippen molar-refractivity contribution < 1.29 is 19.4 Å². The summed E-state index contributed by atoms with van der Waals surface area (Å²) in [7, 11) is 0. The first kappa shape index (κ1) is 17.3. The molecule has 0 fully saturated rings. The molecule has 3 N–H and O–H groups in total. The molecule has 0 saturated heterocycles. The Labute approximate surface area is 128 Å². The van der Waals surface area contributed by atoms with Crippen molar-refractivity contribution in [1.82, 2.24) is 10.6 Å². The first-order valence-electron chi connectivity index (χ1n) is 6.58. The SMILES string of the molecule is CCOC(C)CNC(=O)N[C@@H](C(=O)O)c1ccccc1Cl. The summed E-state index contributed by atoms with van der Waals surface area (Å²) in [5.74, 6) is -1.18. The maximum Gasteiger partial charge on any atom is 0.331 e. The summed E-state index contributed by atoms with van der Waals surface area (Å²) in [6.07, 6.45) is -0.149. The summed E-state index contributed by atoms with van der Waals surface area (Å²) in [4.78, 5) is 23.1. The highest BCUT2D eigenvalue weighted by atomic mass is 35.5. The predicted octanol–water partition coefficient (Wildman–Crippen LogP) is 2.19. The van der Waals surface area contributed by atoms with Gasteiger partial charge in [0.2, 0.25) is 0 Å². The fourth-order valence-corrected chi connectivity index (χ4v) is 1.99. The molecule has 2 atom stereocenters. The van der Waals surface area contributed by atoms with E-state index in [0.29, 0.717) is 12.2 Å². The third-order valence-corrected chi connectivity index (χ3v) is 3.08. The number of rotatable bonds is 7. The maximum atomic E-state index is 11.8. The van der Waals surface area contributed by atoms with Gasteiger partial charge < -0.3 is 20.5 Å². The van der Waals surface area contributed by atoms with Gasteiger partial charge in [0.05, 0.1) is 6.10 Å². The van der Waals surface area contributed by atoms with Gasteiger partial charge in [-0.15, -0.1) is 0 Å². The van der Waals surface area contributed by atoms with Crippen molar-refractivity contribution in [2.45, 2.75) is 26.0 Å². The first-order chi connectivity index (χ1) is 9.95. The minimum atomic E-state index is -1.21. The Balaban J connectivity index is 2.66. The number of halogens is 1. The van der Waals surface area contributed by atoms with Gasteiger partial charge in [-0.2, -0.15) is 0 Å². The lowest BCUT2D eigenvalue weighted by molar-refractivity contribution is -0.139. The Morgan fingerprint density at radius 1 is 1.38 bits per heavy atom. The number of amides is 2. The predicted molar refractivity (Wildman–Crippen MR) is 79.5 cm³/mol. The zero-order valence-electron chi connectivity index (χ0n) is 11.9. The van der Waals surface area contributed by atoms with Crippen molar-refractivity contribution in [3.05, 3.63) is 34.9 Å². The van der Waals surface area contributed by atoms with Gasteiger partial charge in [-0.25, -0.2) is 9.59 Å². The molecule has 6 nitrogen and oxygen atoms in total. The van der Waals surface area contributed by atoms with E-state index in [1.807, 2.05) is 13.8 Å². The summed E-state index contributed by atoms with van der Waals surface area (Å²) in [5, 5.41) is 14.5. The molecule has 1 rings (SSSR count). The van der Waals surface area contributed by atoms with E-state index in [9.17, 15) is 14.7 Å². The third-order valence-electron chi connectivity index (χ3n) is 2.74. The summed E-state index contributed by atoms with van der Waals surface area (Å²) in [6.45, 7) is 4.50. The molecule has 0 bridgehead atoms. The van der Waals surface area contributed by atoms with Crippen molar-refractivity contribution in [2.75, 3.05) is 13.2 Å². The molecule has 0 aliphatic heterocycles. The van der Waals surface area contributed by atoms with E-state index in [4.69, 9.17) is 16.3 Å². The molecule has 0 aliphatic rings. The van der Waals surface area contributed by atoms with Gasteiger partial charge in [-0.1, -0.05) is 29.8 Å². The number of aliphatic carboxylic acids is 1. The van der Waals surface area contributed by atoms with Gasteiger partial charge in [-0.05, 0) is 19.9 Å². The fraction of sp³-hybridized carbons (Fsp3) is 0.429. The Morgan fingerprint density at radius 3 is 2.62 bits per heavy atom. The highest BCUT2D eigenvalue weighted by Crippen LogP contribution is 2.22. The number of carboxylic acid groups (broad SMARTS) is 1. The summed E-state index contributed by atoms with van der Waals surface area (Å²) < 4.78 is 5.27. The number of ether oxygens (including phenoxy) is 1. The third kappa shape index (κ3) is 5.61. The van der Waals surface area contributed by atoms with Crippen LogP contribution in [0.3, 0.4) is 0 Å². The molecule has 21 heavy (non-hydrogen) atoms. The molecule has 1 aromatic carbocycles. The topological polar surface area (TPSA) is 87.7 Å². The number of urea groups is 1. The summed E-state index contributed by atoms with van der Waals surface area (Å²) in [5.41, 5.74) is 0.333. The van der Waals surface area contributed by atoms with Crippen molar-refractivity contribution in [2.24, 2.45) is 0 Å². The second kappa shape index (κ2) is 8.49. The van der Waals surface area contributed by atoms with Crippen LogP contribution < -0.4 is 10.6 Å². The quantitative estimate of drug-likeness (QED) is 0.720. The minimum Gasteiger partial charge on any atom is -0.479 e. The standard InChI is InChI=1S/C14H19ClN2O4/c1-3-21-9(2)8-16-14(20)17-12(13(18)19)10-6-4-5-7-11(10)15/h4-7,9,12H,3,8H2,1-2H3,(H,18,19)(H2,16,17,20)/t9?,12-/m1/s1. The lowest BCUT2D eigenvalue weighted by Gasteiger charge is -2.18. The lowest BCUT2D eigenvalue weighted by atomic mass is 10.1. The number of benzene rings is 1. The average molecular weight is 315 g/mol. The number of carbonyl (C=O) groups is 2. The average Bonchev–Trinajstić information content (AvgIpc) is 2.43. The van der Waals surface area contributed by atoms with E-state index in [-0.39, 0.29) is 17.7 Å². The molecule has 0 aromatic heterocycles. The molecule has 116 valence electrons. The molecule has 0 spiro atoms. The highest BCUT2D eigenvalue weighted by molar-refractivity contribution is 6.31. The van der Waals surface area contributed by atoms with Gasteiger partial charge in [0.15, 0.2) is 6.04 Å². The largest absolute Gasteiger partial charge is 0.479 e. The van der Waals surface area contributed by atoms with Crippen molar-refractivity contribution in [3.8, 4) is 0 Å². The van der Waals surface area contributed by atoms with Gasteiger partial charge in [-0.3, -0.25) is 0 Å². The molecular formula is C14H19ClN2O4. The lowest BCUT2D eigenvalue weighted by Crippen LogP contribution is -2.43. The van der Waals surface area contributed by atoms with E-state index in [2.05, 4.69) is 10.6 Å². The second-order valence-corrected chi connectivity index (χ2v) is 4.82. The van der Waals surface area contributed by atoms with Crippen LogP contribution in [0.1, 0.15) is 25.5 Å². The van der Waals surface area contributed by atoms with Crippen LogP contribution in [-0.2, 0) is 9.53 Å². The molecule has 2 amide bonds. The summed E-state index contributed by atoms with van der Waals surface area (Å²) in [6, 6.07) is 4.69. The van der Waals surface area contributed by atoms with Crippen molar-refractivity contribution in [1.29, 1.82) is 0 Å². The fourth-order valence-electron chi connectivity index (χ4n) is 1.74. The van der Waals surface area contributed by atoms with Crippen molar-refractivity contribution >= 4 is 23.6 Å². The van der Waals surface area contributed by atoms with Crippen LogP contribution >= 0.6 is 11.6 Å². The van der Waals surface area contributed by atoms with Crippen LogP contribution in [0, 0.1) is 0 Å². The van der Waals surface area contributed by atoms with E-state index in [0.717, 1.165) is 0 Å². The molecule has 0 saturated carbocycles. The molecule has 0 heterocycles. The van der Waals surface area contributed by atoms with E-state index in [1.54, 1.807) is 24.3 Å². The number of carbonyl (C=O) groups excluding carboxylic acids is 1. The van der Waals surface area contributed by atoms with Crippen molar-refractivity contribution in [3.63, 3.8) is 0 Å². The number of hydrogen-bond acceptors (Lipinski definition) is 3. The Kier molecular flexibility index (Phi) is 6.98. The van der Waals surface area contributed by atoms with Crippen LogP contribution in [-0.4, -0.2) is 36.4 Å². The normalized spacial score (nSPS) is 13.3. The van der Waals surface area contributed by atoms with Gasteiger partial charge in [0.25, 0.3) is 0 Å². The molecule has 7 heteroatoms. The Morgan fingerprint density at radius 2 is 2.05 bits per heavy atom. The van der Waals surface area contributed by atoms with E-state index in [1.165, 1.54) is 0 Å². The van der Waals surface area contributed by atoms with Crippen LogP contribution in [0.25, 0.3) is 0 Å². The van der Waals surface area contributed by atoms with Gasteiger partial charge in [0.1, 0.15) is 0 Å². The van der Waals surface area contributed by atoms with Crippen LogP contribution in [0.5, 0.6) is 0 Å². The highest BCUT2D eigenvalue weighted by Gasteiger charge is 2.24. The first-order valence-corrected chi connectivity index (χ1v) is 6.96. The maximum absolute atomic E-state index is 11.8. The van der Waals surface area contributed by atoms with Crippen LogP contribution in [0.15, 0.2) is 24.3 Å². The number of nitrogens with one attached hydrogen (secondary N) is 2. The molecule has 0 aliphatic carbocycles.